The average Bonchev–Trinajstić information content (AvgIpc) is 2.31. The lowest BCUT2D eigenvalue weighted by Crippen LogP contribution is -2.58. The third kappa shape index (κ3) is 4.91. The van der Waals surface area contributed by atoms with Crippen molar-refractivity contribution in [1.82, 2.24) is 0 Å². The Bertz CT molecular complexity index is 233. The minimum Gasteiger partial charge on any atom is -0.480 e. The van der Waals surface area contributed by atoms with Crippen molar-refractivity contribution in [1.29, 1.82) is 0 Å². The largest absolute Gasteiger partial charge is 0.480 e. The van der Waals surface area contributed by atoms with Crippen LogP contribution in [0.25, 0.3) is 0 Å². The normalized spacial score (nSPS) is 36.9. The van der Waals surface area contributed by atoms with E-state index in [-0.39, 0.29) is 6.54 Å². The highest BCUT2D eigenvalue weighted by Gasteiger charge is 2.42. The Kier molecular flexibility index (Phi) is 7.15. The van der Waals surface area contributed by atoms with Gasteiger partial charge >= 0.3 is 5.97 Å². The SMILES string of the molecule is NCC(=O)O.OC[C@H]1O[C@@H](O)[C@H](O)[C@@H](O)[C@@H]1O. The number of carboxylic acids is 1. The molecule has 0 saturated carbocycles. The van der Waals surface area contributed by atoms with Crippen LogP contribution in [-0.2, 0) is 9.53 Å². The van der Waals surface area contributed by atoms with Crippen LogP contribution in [0.4, 0.5) is 0 Å². The van der Waals surface area contributed by atoms with Crippen LogP contribution >= 0.6 is 0 Å². The Morgan fingerprint density at radius 3 is 1.94 bits per heavy atom. The predicted octanol–water partition coefficient (Wildman–Crippen LogP) is -4.19. The first kappa shape index (κ1) is 16.2. The van der Waals surface area contributed by atoms with E-state index in [4.69, 9.17) is 30.6 Å². The van der Waals surface area contributed by atoms with Gasteiger partial charge in [-0.1, -0.05) is 0 Å². The second-order valence-corrected chi connectivity index (χ2v) is 3.32. The summed E-state index contributed by atoms with van der Waals surface area (Å²) in [6.45, 7) is -0.804. The fourth-order valence-electron chi connectivity index (χ4n) is 1.08. The molecule has 1 aliphatic heterocycles. The van der Waals surface area contributed by atoms with E-state index in [0.717, 1.165) is 0 Å². The molecule has 0 aromatic carbocycles. The number of carboxylic acid groups (broad SMARTS) is 1. The van der Waals surface area contributed by atoms with Crippen LogP contribution in [0.1, 0.15) is 0 Å². The van der Waals surface area contributed by atoms with Crippen molar-refractivity contribution in [3.05, 3.63) is 0 Å². The molecule has 9 nitrogen and oxygen atoms in total. The Morgan fingerprint density at radius 2 is 1.59 bits per heavy atom. The van der Waals surface area contributed by atoms with Gasteiger partial charge in [-0.3, -0.25) is 4.79 Å². The van der Waals surface area contributed by atoms with Crippen LogP contribution in [0.15, 0.2) is 0 Å². The Balaban J connectivity index is 0.000000437. The van der Waals surface area contributed by atoms with Crippen molar-refractivity contribution in [2.45, 2.75) is 30.7 Å². The fraction of sp³-hybridized carbons (Fsp3) is 0.875. The zero-order valence-corrected chi connectivity index (χ0v) is 8.88. The molecule has 5 atom stereocenters. The van der Waals surface area contributed by atoms with Crippen molar-refractivity contribution in [2.75, 3.05) is 13.2 Å². The standard InChI is InChI=1S/C6H12O6.C2H5NO2/c7-1-2-3(8)4(9)5(10)6(11)12-2;3-1-2(4)5/h2-11H,1H2;1,3H2,(H,4,5)/t2-,3-,4+,5-,6-;/m1./s1. The van der Waals surface area contributed by atoms with Gasteiger partial charge < -0.3 is 41.1 Å². The minimum atomic E-state index is -1.57. The highest BCUT2D eigenvalue weighted by molar-refractivity contribution is 5.68. The van der Waals surface area contributed by atoms with Gasteiger partial charge in [0.1, 0.15) is 24.4 Å². The number of hydrogen-bond donors (Lipinski definition) is 7. The van der Waals surface area contributed by atoms with E-state index in [9.17, 15) is 4.79 Å². The molecule has 0 aromatic rings. The molecule has 0 aromatic heterocycles. The van der Waals surface area contributed by atoms with E-state index < -0.39 is 43.3 Å². The lowest BCUT2D eigenvalue weighted by atomic mass is 10.00. The summed E-state index contributed by atoms with van der Waals surface area (Å²) in [5, 5.41) is 52.3. The Hall–Kier alpha value is -0.810. The first-order chi connectivity index (χ1) is 7.84. The Morgan fingerprint density at radius 1 is 1.12 bits per heavy atom. The van der Waals surface area contributed by atoms with Crippen molar-refractivity contribution >= 4 is 5.97 Å². The van der Waals surface area contributed by atoms with Gasteiger partial charge in [0.15, 0.2) is 6.29 Å². The smallest absolute Gasteiger partial charge is 0.317 e. The van der Waals surface area contributed by atoms with Crippen LogP contribution in [0.5, 0.6) is 0 Å². The second-order valence-electron chi connectivity index (χ2n) is 3.32. The molecule has 0 aliphatic carbocycles. The van der Waals surface area contributed by atoms with Crippen molar-refractivity contribution in [2.24, 2.45) is 5.73 Å². The fourth-order valence-corrected chi connectivity index (χ4v) is 1.08. The molecule has 8 N–H and O–H groups in total. The van der Waals surface area contributed by atoms with E-state index >= 15 is 0 Å². The molecule has 1 heterocycles. The first-order valence-electron chi connectivity index (χ1n) is 4.75. The number of aliphatic hydroxyl groups excluding tert-OH is 5. The molecule has 1 saturated heterocycles. The van der Waals surface area contributed by atoms with Gasteiger partial charge in [-0.15, -0.1) is 0 Å². The van der Waals surface area contributed by atoms with Gasteiger partial charge in [-0.05, 0) is 0 Å². The molecule has 0 radical (unpaired) electrons. The summed E-state index contributed by atoms with van der Waals surface area (Å²) in [5.74, 6) is -0.968. The molecule has 1 rings (SSSR count). The van der Waals surface area contributed by atoms with Gasteiger partial charge in [0.2, 0.25) is 0 Å². The van der Waals surface area contributed by atoms with Crippen LogP contribution in [0.3, 0.4) is 0 Å². The summed E-state index contributed by atoms with van der Waals surface area (Å²) in [7, 11) is 0. The second kappa shape index (κ2) is 7.50. The average molecular weight is 255 g/mol. The van der Waals surface area contributed by atoms with Crippen molar-refractivity contribution in [3.8, 4) is 0 Å². The quantitative estimate of drug-likeness (QED) is 0.258. The monoisotopic (exact) mass is 255 g/mol. The molecule has 102 valence electrons. The van der Waals surface area contributed by atoms with Gasteiger partial charge in [-0.2, -0.15) is 0 Å². The molecule has 1 aliphatic rings. The minimum absolute atomic E-state index is 0.278. The van der Waals surface area contributed by atoms with Crippen LogP contribution in [0, 0.1) is 0 Å². The summed E-state index contributed by atoms with van der Waals surface area (Å²) >= 11 is 0. The maximum atomic E-state index is 9.24. The molecule has 17 heavy (non-hydrogen) atoms. The van der Waals surface area contributed by atoms with Crippen molar-refractivity contribution in [3.63, 3.8) is 0 Å². The van der Waals surface area contributed by atoms with Crippen LogP contribution in [0.2, 0.25) is 0 Å². The summed E-state index contributed by atoms with van der Waals surface area (Å²) in [6, 6.07) is 0. The summed E-state index contributed by atoms with van der Waals surface area (Å²) in [5.41, 5.74) is 4.57. The van der Waals surface area contributed by atoms with E-state index in [1.165, 1.54) is 0 Å². The van der Waals surface area contributed by atoms with Gasteiger partial charge in [0.25, 0.3) is 0 Å². The molecule has 1 fully saturated rings. The molecule has 0 amide bonds. The zero-order chi connectivity index (χ0) is 13.6. The third-order valence-electron chi connectivity index (χ3n) is 2.04. The van der Waals surface area contributed by atoms with Crippen LogP contribution < -0.4 is 5.73 Å². The summed E-state index contributed by atoms with van der Waals surface area (Å²) in [4.78, 5) is 9.24. The maximum Gasteiger partial charge on any atom is 0.317 e. The maximum absolute atomic E-state index is 9.24. The van der Waals surface area contributed by atoms with Gasteiger partial charge in [0.05, 0.1) is 13.2 Å². The number of nitrogens with two attached hydrogens (primary N) is 1. The van der Waals surface area contributed by atoms with E-state index in [0.29, 0.717) is 0 Å². The van der Waals surface area contributed by atoms with Gasteiger partial charge in [-0.25, -0.2) is 0 Å². The Labute approximate surface area is 96.7 Å². The summed E-state index contributed by atoms with van der Waals surface area (Å²) < 4.78 is 4.58. The van der Waals surface area contributed by atoms with Gasteiger partial charge in [0, 0.05) is 0 Å². The zero-order valence-electron chi connectivity index (χ0n) is 8.88. The summed E-state index contributed by atoms with van der Waals surface area (Å²) in [6.07, 6.45) is -7.04. The molecule has 0 spiro atoms. The molecule has 0 unspecified atom stereocenters. The number of ether oxygens (including phenoxy) is 1. The first-order valence-corrected chi connectivity index (χ1v) is 4.75. The van der Waals surface area contributed by atoms with E-state index in [1.807, 2.05) is 0 Å². The highest BCUT2D eigenvalue weighted by Crippen LogP contribution is 2.18. The highest BCUT2D eigenvalue weighted by atomic mass is 16.6. The number of aliphatic carboxylic acids is 1. The molecule has 9 heteroatoms. The van der Waals surface area contributed by atoms with E-state index in [2.05, 4.69) is 10.5 Å². The molecular formula is C8H17NO8. The number of hydrogen-bond acceptors (Lipinski definition) is 8. The van der Waals surface area contributed by atoms with Crippen LogP contribution in [-0.4, -0.2) is 80.5 Å². The molecular weight excluding hydrogens is 238 g/mol. The van der Waals surface area contributed by atoms with E-state index in [1.54, 1.807) is 0 Å². The lowest BCUT2D eigenvalue weighted by molar-refractivity contribution is -0.286. The predicted molar refractivity (Wildman–Crippen MR) is 52.7 cm³/mol. The third-order valence-corrected chi connectivity index (χ3v) is 2.04. The number of rotatable bonds is 2. The lowest BCUT2D eigenvalue weighted by Gasteiger charge is -2.37. The topological polar surface area (TPSA) is 174 Å². The number of aliphatic hydroxyl groups is 5. The number of carbonyl (C=O) groups is 1. The molecule has 0 bridgehead atoms. The van der Waals surface area contributed by atoms with Crippen molar-refractivity contribution < 1.29 is 40.2 Å².